The number of fused-ring (bicyclic) bond motifs is 2. The summed E-state index contributed by atoms with van der Waals surface area (Å²) in [5.41, 5.74) is 9.52. The smallest absolute Gasteiger partial charge is 0.327 e. The van der Waals surface area contributed by atoms with Crippen LogP contribution in [0.25, 0.3) is 32.8 Å². The van der Waals surface area contributed by atoms with Crippen LogP contribution in [0.4, 0.5) is 16.2 Å². The Morgan fingerprint density at radius 3 is 2.09 bits per heavy atom. The van der Waals surface area contributed by atoms with Gasteiger partial charge in [-0.1, -0.05) is 91.8 Å². The molecule has 28 nitrogen and oxygen atoms in total. The molecule has 10 atom stereocenters. The first kappa shape index (κ1) is 61.7. The molecule has 2 amide bonds. The first-order valence-corrected chi connectivity index (χ1v) is 30.5. The van der Waals surface area contributed by atoms with E-state index >= 15 is 4.39 Å². The molecular weight excluding hydrogens is 1190 g/mol. The highest BCUT2D eigenvalue weighted by Gasteiger charge is 2.53. The summed E-state index contributed by atoms with van der Waals surface area (Å²) in [6.45, 7) is -2.82. The summed E-state index contributed by atoms with van der Waals surface area (Å²) in [4.78, 5) is 77.1. The number of alkyl halides is 1. The Morgan fingerprint density at radius 2 is 1.47 bits per heavy atom. The number of nitriles is 1. The zero-order chi connectivity index (χ0) is 61.4. The number of benzene rings is 4. The lowest BCUT2D eigenvalue weighted by atomic mass is 9.80. The first-order valence-electron chi connectivity index (χ1n) is 26.7. The molecule has 0 aliphatic carbocycles. The summed E-state index contributed by atoms with van der Waals surface area (Å²) in [6, 6.07) is 32.2. The molecule has 2 fully saturated rings. The number of imidazole rings is 2. The summed E-state index contributed by atoms with van der Waals surface area (Å²) in [5, 5.41) is 18.8. The van der Waals surface area contributed by atoms with E-state index in [1.54, 1.807) is 68.4 Å². The van der Waals surface area contributed by atoms with Crippen molar-refractivity contribution in [3.63, 3.8) is 0 Å². The second-order valence-corrected chi connectivity index (χ2v) is 23.5. The number of methoxy groups -OCH3 is 2. The van der Waals surface area contributed by atoms with Crippen molar-refractivity contribution in [2.45, 2.75) is 75.0 Å². The van der Waals surface area contributed by atoms with Gasteiger partial charge in [-0.2, -0.15) is 10.2 Å². The van der Waals surface area contributed by atoms with Gasteiger partial charge in [-0.25, -0.2) is 24.3 Å². The number of halogens is 1. The molecule has 4 aromatic carbocycles. The molecule has 4 aromatic heterocycles. The predicted octanol–water partition coefficient (Wildman–Crippen LogP) is 7.97. The summed E-state index contributed by atoms with van der Waals surface area (Å²) < 4.78 is 89.1. The Kier molecular flexibility index (Phi) is 19.2. The summed E-state index contributed by atoms with van der Waals surface area (Å²) in [7, 11) is -0.767. The molecule has 4 N–H and O–H groups in total. The van der Waals surface area contributed by atoms with Crippen LogP contribution in [0.2, 0.25) is 0 Å². The lowest BCUT2D eigenvalue weighted by Gasteiger charge is -2.37. The van der Waals surface area contributed by atoms with Crippen LogP contribution in [-0.2, 0) is 59.1 Å². The number of anilines is 2. The molecule has 2 saturated heterocycles. The van der Waals surface area contributed by atoms with Crippen molar-refractivity contribution in [2.75, 3.05) is 44.7 Å². The largest absolute Gasteiger partial charge is 0.497 e. The quantitative estimate of drug-likeness (QED) is 0.0105. The Hall–Kier alpha value is -8.39. The fourth-order valence-corrected chi connectivity index (χ4v) is 12.5. The van der Waals surface area contributed by atoms with E-state index in [9.17, 15) is 34.6 Å². The molecular formula is C55H55FN14O14P2S. The second-order valence-electron chi connectivity index (χ2n) is 19.7. The number of nitrogens with one attached hydrogen (secondary N) is 3. The minimum absolute atomic E-state index is 0.00131. The van der Waals surface area contributed by atoms with Gasteiger partial charge in [-0.05, 0) is 70.4 Å². The van der Waals surface area contributed by atoms with E-state index in [4.69, 9.17) is 53.6 Å². The molecule has 2 aliphatic heterocycles. The van der Waals surface area contributed by atoms with Crippen molar-refractivity contribution < 1.29 is 65.2 Å². The van der Waals surface area contributed by atoms with Crippen molar-refractivity contribution in [1.82, 2.24) is 39.0 Å². The molecule has 87 heavy (non-hydrogen) atoms. The van der Waals surface area contributed by atoms with Gasteiger partial charge >= 0.3 is 15.0 Å². The van der Waals surface area contributed by atoms with Gasteiger partial charge in [0.15, 0.2) is 46.8 Å². The highest BCUT2D eigenvalue weighted by molar-refractivity contribution is 8.07. The molecule has 0 bridgehead atoms. The normalized spacial score (nSPS) is 21.2. The van der Waals surface area contributed by atoms with Gasteiger partial charge in [0.1, 0.15) is 41.7 Å². The number of rotatable bonds is 25. The van der Waals surface area contributed by atoms with Gasteiger partial charge < -0.3 is 47.5 Å². The molecule has 8 aromatic rings. The number of hydrogen-bond donors (Lipinski definition) is 4. The van der Waals surface area contributed by atoms with Crippen molar-refractivity contribution in [3.05, 3.63) is 171 Å². The van der Waals surface area contributed by atoms with Gasteiger partial charge in [-0.3, -0.25) is 42.9 Å². The van der Waals surface area contributed by atoms with Crippen LogP contribution in [0.15, 0.2) is 138 Å². The van der Waals surface area contributed by atoms with Crippen molar-refractivity contribution in [1.29, 1.82) is 5.26 Å². The van der Waals surface area contributed by atoms with Crippen molar-refractivity contribution in [2.24, 2.45) is 11.0 Å². The maximum atomic E-state index is 18.3. The maximum Gasteiger partial charge on any atom is 0.327 e. The summed E-state index contributed by atoms with van der Waals surface area (Å²) in [5.74, 6) is -0.683. The molecule has 32 heteroatoms. The lowest BCUT2D eigenvalue weighted by Crippen LogP contribution is -2.38. The number of nitrogens with zero attached hydrogens (tertiary/aromatic N) is 11. The Balaban J connectivity index is 1.01. The predicted molar refractivity (Wildman–Crippen MR) is 313 cm³/mol. The number of amides is 2. The van der Waals surface area contributed by atoms with E-state index in [0.717, 1.165) is 12.7 Å². The molecule has 452 valence electrons. The van der Waals surface area contributed by atoms with Crippen molar-refractivity contribution >= 4 is 72.7 Å². The van der Waals surface area contributed by atoms with Gasteiger partial charge in [0.25, 0.3) is 11.5 Å². The number of azide groups is 1. The van der Waals surface area contributed by atoms with E-state index < -0.39 is 113 Å². The lowest BCUT2D eigenvalue weighted by molar-refractivity contribution is -0.118. The molecule has 0 radical (unpaired) electrons. The summed E-state index contributed by atoms with van der Waals surface area (Å²) in [6.07, 6.45) is -8.43. The number of carbonyl (C=O) groups is 2. The fourth-order valence-electron chi connectivity index (χ4n) is 9.92. The standard InChI is InChI=1S/C55H55FN14O14P2S/c1-31(2)49(71)65-54-64-48-43(51(73)66-54)62-30-70(48)52-44(40(56)38(81-52)26-78-55(33-14-9-6-10-15-33,34-16-20-36(76-3)21-17-34)35-18-22-37(77-4)23-19-35)84-86(87,79-25-11-24-57)80-27-39-41(67-68-58)45(83-85(74)75)53(82-39)69-29-61-42-46(59-28-60-47(42)69)63-50(72)32-12-7-5-8-13-32/h5-10,12-23,28-31,38-41,44-45,52-53,85H,11,25-27H2,1-4H3,(H,74,75)(H,59,60,63,72)(H2,64,65,66,71,73)/t38-,39-,40-,41-,44-,45-,52-,53-,86?/m1/s1. The van der Waals surface area contributed by atoms with Gasteiger partial charge in [-0.15, -0.1) is 0 Å². The summed E-state index contributed by atoms with van der Waals surface area (Å²) >= 11 is 6.06. The van der Waals surface area contributed by atoms with Crippen LogP contribution < -0.4 is 25.7 Å². The average molecular weight is 1250 g/mol. The monoisotopic (exact) mass is 1250 g/mol. The molecule has 0 saturated carbocycles. The topological polar surface area (TPSA) is 358 Å². The minimum atomic E-state index is -4.45. The van der Waals surface area contributed by atoms with Gasteiger partial charge in [0.2, 0.25) is 11.9 Å². The molecule has 2 aliphatic rings. The third-order valence-corrected chi connectivity index (χ3v) is 17.0. The van der Waals surface area contributed by atoms with E-state index in [0.29, 0.717) is 33.8 Å². The minimum Gasteiger partial charge on any atom is -0.497 e. The van der Waals surface area contributed by atoms with Crippen LogP contribution in [-0.4, -0.2) is 126 Å². The number of hydrogen-bond acceptors (Lipinski definition) is 21. The Bertz CT molecular complexity index is 3940. The Labute approximate surface area is 499 Å². The van der Waals surface area contributed by atoms with Crippen LogP contribution in [0.1, 0.15) is 59.8 Å². The number of carbonyl (C=O) groups excluding carboxylic acids is 2. The van der Waals surface area contributed by atoms with Crippen LogP contribution in [0, 0.1) is 17.2 Å². The van der Waals surface area contributed by atoms with Crippen LogP contribution in [0.3, 0.4) is 0 Å². The third kappa shape index (κ3) is 13.2. The molecule has 0 spiro atoms. The molecule has 2 unspecified atom stereocenters. The third-order valence-electron chi connectivity index (χ3n) is 14.1. The number of ether oxygens (including phenoxy) is 5. The molecule has 10 rings (SSSR count). The highest BCUT2D eigenvalue weighted by Crippen LogP contribution is 2.56. The number of aromatic amines is 1. The van der Waals surface area contributed by atoms with E-state index in [1.807, 2.05) is 60.7 Å². The van der Waals surface area contributed by atoms with Crippen LogP contribution in [0.5, 0.6) is 11.5 Å². The SMILES string of the molecule is COc1ccc(C(OC[C@H]2O[C@@H](n3cnc4c(=O)[nH]c(NC(=O)C(C)C)nc43)[C@H](OP(=S)(OCCC#N)OC[C@H]3O[C@@H](n4cnc5c(NC(=O)c6ccccc6)ncnc54)[C@H](O[PH](=O)O)[C@@H]3N=[N+]=[N-])[C@@H]2F)(c2ccccc2)c2ccc(OC)cc2)cc1. The first-order chi connectivity index (χ1) is 42.1. The Morgan fingerprint density at radius 1 is 0.862 bits per heavy atom. The molecule has 6 heterocycles. The van der Waals surface area contributed by atoms with Gasteiger partial charge in [0, 0.05) is 16.4 Å². The fraction of sp³-hybridized carbons (Fsp3) is 0.327. The highest BCUT2D eigenvalue weighted by atomic mass is 32.5. The number of H-pyrrole nitrogens is 1. The van der Waals surface area contributed by atoms with Crippen LogP contribution >= 0.6 is 15.0 Å². The zero-order valence-electron chi connectivity index (χ0n) is 46.6. The van der Waals surface area contributed by atoms with E-state index in [2.05, 4.69) is 50.6 Å². The average Bonchev–Trinajstić information content (AvgIpc) is 2.18. The maximum absolute atomic E-state index is 18.3. The number of aromatic nitrogens is 8. The second kappa shape index (κ2) is 27.1. The van der Waals surface area contributed by atoms with E-state index in [-0.39, 0.29) is 40.5 Å². The van der Waals surface area contributed by atoms with Gasteiger partial charge in [0.05, 0.1) is 71.3 Å². The van der Waals surface area contributed by atoms with Crippen molar-refractivity contribution in [3.8, 4) is 17.6 Å². The van der Waals surface area contributed by atoms with E-state index in [1.165, 1.54) is 29.7 Å². The zero-order valence-corrected chi connectivity index (χ0v) is 49.3.